The molecule has 1 heterocycles. The molecule has 0 saturated heterocycles. The minimum atomic E-state index is -2.66. The molecule has 3 nitrogen and oxygen atoms in total. The summed E-state index contributed by atoms with van der Waals surface area (Å²) in [5.41, 5.74) is 0.0253. The van der Waals surface area contributed by atoms with E-state index in [4.69, 9.17) is 0 Å². The van der Waals surface area contributed by atoms with E-state index in [0.717, 1.165) is 10.0 Å². The van der Waals surface area contributed by atoms with Gasteiger partial charge < -0.3 is 4.57 Å². The molecule has 0 amide bonds. The van der Waals surface area contributed by atoms with Gasteiger partial charge in [0.2, 0.25) is 0 Å². The molecule has 0 unspecified atom stereocenters. The quantitative estimate of drug-likeness (QED) is 0.830. The summed E-state index contributed by atoms with van der Waals surface area (Å²) in [7, 11) is 1.74. The maximum Gasteiger partial charge on any atom is 0.250 e. The van der Waals surface area contributed by atoms with E-state index in [-0.39, 0.29) is 12.8 Å². The van der Waals surface area contributed by atoms with Crippen LogP contribution in [0.2, 0.25) is 0 Å². The van der Waals surface area contributed by atoms with Crippen LogP contribution in [0.5, 0.6) is 0 Å². The van der Waals surface area contributed by atoms with E-state index in [1.54, 1.807) is 11.6 Å². The largest absolute Gasteiger partial charge is 0.309 e. The second kappa shape index (κ2) is 4.53. The number of halogens is 3. The molecule has 106 valence electrons. The van der Waals surface area contributed by atoms with Crippen LogP contribution in [0.15, 0.2) is 33.9 Å². The first-order valence-electron chi connectivity index (χ1n) is 6.07. The van der Waals surface area contributed by atoms with Crippen LogP contribution in [0, 0.1) is 0 Å². The van der Waals surface area contributed by atoms with Gasteiger partial charge >= 0.3 is 0 Å². The van der Waals surface area contributed by atoms with Crippen LogP contribution in [-0.4, -0.2) is 20.7 Å². The normalized spacial score (nSPS) is 19.6. The monoisotopic (exact) mass is 359 g/mol. The van der Waals surface area contributed by atoms with Crippen molar-refractivity contribution in [2.45, 2.75) is 29.3 Å². The fourth-order valence-corrected chi connectivity index (χ4v) is 3.39. The zero-order chi connectivity index (χ0) is 14.5. The first-order chi connectivity index (χ1) is 9.34. The van der Waals surface area contributed by atoms with Crippen molar-refractivity contribution >= 4 is 28.6 Å². The van der Waals surface area contributed by atoms with Crippen LogP contribution in [0.4, 0.5) is 8.78 Å². The maximum absolute atomic E-state index is 13.6. The second-order valence-electron chi connectivity index (χ2n) is 5.18. The first-order valence-corrected chi connectivity index (χ1v) is 7.31. The molecule has 7 heteroatoms. The lowest BCUT2D eigenvalue weighted by molar-refractivity contribution is -0.116. The lowest BCUT2D eigenvalue weighted by Gasteiger charge is -2.46. The summed E-state index contributed by atoms with van der Waals surface area (Å²) in [4.78, 5) is 0. The fourth-order valence-electron chi connectivity index (χ4n) is 2.85. The van der Waals surface area contributed by atoms with Crippen molar-refractivity contribution in [1.29, 1.82) is 0 Å². The Hall–Kier alpha value is -0.950. The molecule has 0 N–H and O–H groups in total. The van der Waals surface area contributed by atoms with E-state index in [1.807, 2.05) is 24.3 Å². The van der Waals surface area contributed by atoms with Gasteiger partial charge in [-0.25, -0.2) is 8.78 Å². The summed E-state index contributed by atoms with van der Waals surface area (Å²) in [6, 6.07) is 7.43. The van der Waals surface area contributed by atoms with Gasteiger partial charge in [-0.3, -0.25) is 0 Å². The number of hydrogen-bond donors (Lipinski definition) is 1. The van der Waals surface area contributed by atoms with Crippen molar-refractivity contribution < 1.29 is 8.78 Å². The Morgan fingerprint density at radius 2 is 2.00 bits per heavy atom. The molecule has 0 spiro atoms. The van der Waals surface area contributed by atoms with E-state index in [1.165, 1.54) is 0 Å². The number of nitrogens with zero attached hydrogens (tertiary/aromatic N) is 3. The highest BCUT2D eigenvalue weighted by atomic mass is 79.9. The third-order valence-corrected chi connectivity index (χ3v) is 4.66. The highest BCUT2D eigenvalue weighted by Gasteiger charge is 2.60. The lowest BCUT2D eigenvalue weighted by Crippen LogP contribution is -2.51. The molecule has 1 aliphatic rings. The molecule has 1 aliphatic carbocycles. The van der Waals surface area contributed by atoms with Gasteiger partial charge in [0, 0.05) is 24.4 Å². The Morgan fingerprint density at radius 1 is 1.30 bits per heavy atom. The Balaban J connectivity index is 2.14. The molecule has 0 radical (unpaired) electrons. The molecule has 3 rings (SSSR count). The number of thiol groups is 1. The van der Waals surface area contributed by atoms with Crippen molar-refractivity contribution in [3.05, 3.63) is 40.1 Å². The van der Waals surface area contributed by atoms with Crippen molar-refractivity contribution in [2.24, 2.45) is 7.05 Å². The van der Waals surface area contributed by atoms with Crippen LogP contribution >= 0.6 is 28.6 Å². The molecule has 1 aromatic carbocycles. The topological polar surface area (TPSA) is 30.7 Å². The molecule has 20 heavy (non-hydrogen) atoms. The van der Waals surface area contributed by atoms with Crippen molar-refractivity contribution in [1.82, 2.24) is 14.8 Å². The van der Waals surface area contributed by atoms with Gasteiger partial charge in [-0.1, -0.05) is 28.1 Å². The first kappa shape index (κ1) is 14.0. The van der Waals surface area contributed by atoms with Crippen molar-refractivity contribution in [3.63, 3.8) is 0 Å². The third-order valence-electron chi connectivity index (χ3n) is 3.78. The van der Waals surface area contributed by atoms with Gasteiger partial charge in [-0.2, -0.15) is 0 Å². The highest BCUT2D eigenvalue weighted by Crippen LogP contribution is 2.56. The van der Waals surface area contributed by atoms with E-state index in [0.29, 0.717) is 11.0 Å². The summed E-state index contributed by atoms with van der Waals surface area (Å²) < 4.78 is 29.6. The Morgan fingerprint density at radius 3 is 2.50 bits per heavy atom. The summed E-state index contributed by atoms with van der Waals surface area (Å²) >= 11 is 7.57. The van der Waals surface area contributed by atoms with E-state index in [2.05, 4.69) is 38.8 Å². The van der Waals surface area contributed by atoms with Gasteiger partial charge in [0.1, 0.15) is 5.82 Å². The molecule has 1 saturated carbocycles. The molecule has 2 aromatic rings. The molecule has 0 aliphatic heterocycles. The average molecular weight is 360 g/mol. The summed E-state index contributed by atoms with van der Waals surface area (Å²) in [6.07, 6.45) is -0.508. The van der Waals surface area contributed by atoms with Gasteiger partial charge in [-0.05, 0) is 17.7 Å². The summed E-state index contributed by atoms with van der Waals surface area (Å²) in [6.45, 7) is 0. The van der Waals surface area contributed by atoms with Crippen molar-refractivity contribution in [2.75, 3.05) is 0 Å². The minimum Gasteiger partial charge on any atom is -0.309 e. The maximum atomic E-state index is 13.6. The molecular formula is C13H12BrF2N3S. The Kier molecular flexibility index (Phi) is 3.17. The second-order valence-corrected chi connectivity index (χ2v) is 6.50. The Labute approximate surface area is 128 Å². The molecule has 1 aromatic heterocycles. The SMILES string of the molecule is Cn1c(S)nnc1C1(c2cccc(Br)c2)CC(F)(F)C1. The molecular weight excluding hydrogens is 348 g/mol. The number of rotatable bonds is 2. The zero-order valence-corrected chi connectivity index (χ0v) is 13.1. The summed E-state index contributed by atoms with van der Waals surface area (Å²) in [5.74, 6) is -2.13. The summed E-state index contributed by atoms with van der Waals surface area (Å²) in [5, 5.41) is 8.37. The number of hydrogen-bond acceptors (Lipinski definition) is 3. The predicted molar refractivity (Wildman–Crippen MR) is 77.4 cm³/mol. The van der Waals surface area contributed by atoms with Gasteiger partial charge in [0.15, 0.2) is 5.16 Å². The number of aromatic nitrogens is 3. The van der Waals surface area contributed by atoms with Crippen LogP contribution < -0.4 is 0 Å². The van der Waals surface area contributed by atoms with E-state index >= 15 is 0 Å². The van der Waals surface area contributed by atoms with Gasteiger partial charge in [0.25, 0.3) is 5.92 Å². The third kappa shape index (κ3) is 2.07. The molecule has 1 fully saturated rings. The highest BCUT2D eigenvalue weighted by molar-refractivity contribution is 9.10. The standard InChI is InChI=1S/C13H12BrF2N3S/c1-19-10(17-18-11(19)20)12(6-13(15,16)7-12)8-3-2-4-9(14)5-8/h2-5H,6-7H2,1H3,(H,18,20). The van der Waals surface area contributed by atoms with Crippen molar-refractivity contribution in [3.8, 4) is 0 Å². The fraction of sp³-hybridized carbons (Fsp3) is 0.385. The average Bonchev–Trinajstić information content (AvgIpc) is 2.67. The van der Waals surface area contributed by atoms with Crippen LogP contribution in [0.25, 0.3) is 0 Å². The van der Waals surface area contributed by atoms with Crippen LogP contribution in [0.3, 0.4) is 0 Å². The number of alkyl halides is 2. The van der Waals surface area contributed by atoms with Crippen LogP contribution in [-0.2, 0) is 12.5 Å². The minimum absolute atomic E-state index is 0.254. The lowest BCUT2D eigenvalue weighted by atomic mass is 9.61. The molecule has 0 bridgehead atoms. The molecule has 0 atom stereocenters. The van der Waals surface area contributed by atoms with E-state index < -0.39 is 11.3 Å². The van der Waals surface area contributed by atoms with E-state index in [9.17, 15) is 8.78 Å². The van der Waals surface area contributed by atoms with Gasteiger partial charge in [0.05, 0.1) is 5.41 Å². The number of benzene rings is 1. The van der Waals surface area contributed by atoms with Crippen LogP contribution in [0.1, 0.15) is 24.2 Å². The predicted octanol–water partition coefficient (Wildman–Crippen LogP) is 3.58. The van der Waals surface area contributed by atoms with Gasteiger partial charge in [-0.15, -0.1) is 22.8 Å². The smallest absolute Gasteiger partial charge is 0.250 e. The zero-order valence-electron chi connectivity index (χ0n) is 10.6. The Bertz CT molecular complexity index is 663.